The molecule has 1 fully saturated rings. The van der Waals surface area contributed by atoms with E-state index in [2.05, 4.69) is 12.2 Å². The molecule has 0 aliphatic heterocycles. The van der Waals surface area contributed by atoms with Gasteiger partial charge in [-0.05, 0) is 44.2 Å². The minimum Gasteiger partial charge on any atom is -0.490 e. The summed E-state index contributed by atoms with van der Waals surface area (Å²) < 4.78 is 16.3. The van der Waals surface area contributed by atoms with Gasteiger partial charge in [0.15, 0.2) is 11.5 Å². The van der Waals surface area contributed by atoms with Crippen LogP contribution >= 0.6 is 11.6 Å². The Bertz CT molecular complexity index is 631. The first-order chi connectivity index (χ1) is 12.5. The predicted molar refractivity (Wildman–Crippen MR) is 99.0 cm³/mol. The Hall–Kier alpha value is -1.95. The molecule has 26 heavy (non-hydrogen) atoms. The van der Waals surface area contributed by atoms with Crippen LogP contribution in [0.1, 0.15) is 49.9 Å². The van der Waals surface area contributed by atoms with E-state index in [-0.39, 0.29) is 6.54 Å². The number of rotatable bonds is 11. The molecule has 1 saturated carbocycles. The zero-order chi connectivity index (χ0) is 18.9. The molecule has 0 spiro atoms. The quantitative estimate of drug-likeness (QED) is 0.467. The molecule has 1 aliphatic rings. The van der Waals surface area contributed by atoms with Crippen molar-refractivity contribution in [3.63, 3.8) is 0 Å². The zero-order valence-electron chi connectivity index (χ0n) is 15.3. The Morgan fingerprint density at radius 2 is 2.00 bits per heavy atom. The smallest absolute Gasteiger partial charge is 0.325 e. The number of carbonyl (C=O) groups is 2. The van der Waals surface area contributed by atoms with Crippen LogP contribution in [-0.2, 0) is 9.53 Å². The number of hydrogen-bond acceptors (Lipinski definition) is 5. The maximum Gasteiger partial charge on any atom is 0.325 e. The Kier molecular flexibility index (Phi) is 8.04. The molecule has 1 aromatic carbocycles. The maximum absolute atomic E-state index is 12.3. The van der Waals surface area contributed by atoms with Crippen LogP contribution in [0.5, 0.6) is 11.5 Å². The lowest BCUT2D eigenvalue weighted by molar-refractivity contribution is -0.142. The van der Waals surface area contributed by atoms with Crippen molar-refractivity contribution in [2.24, 2.45) is 5.92 Å². The van der Waals surface area contributed by atoms with E-state index in [0.29, 0.717) is 47.8 Å². The van der Waals surface area contributed by atoms with Gasteiger partial charge in [-0.1, -0.05) is 24.9 Å². The zero-order valence-corrected chi connectivity index (χ0v) is 16.1. The van der Waals surface area contributed by atoms with Crippen LogP contribution < -0.4 is 14.8 Å². The van der Waals surface area contributed by atoms with Crippen molar-refractivity contribution in [2.75, 3.05) is 26.4 Å². The van der Waals surface area contributed by atoms with Crippen molar-refractivity contribution >= 4 is 23.5 Å². The highest BCUT2D eigenvalue weighted by molar-refractivity contribution is 6.32. The fraction of sp³-hybridized carbons (Fsp3) is 0.579. The fourth-order valence-electron chi connectivity index (χ4n) is 2.22. The van der Waals surface area contributed by atoms with Crippen LogP contribution in [0.2, 0.25) is 5.02 Å². The van der Waals surface area contributed by atoms with Crippen molar-refractivity contribution in [1.29, 1.82) is 0 Å². The second kappa shape index (κ2) is 10.3. The van der Waals surface area contributed by atoms with E-state index in [0.717, 1.165) is 25.7 Å². The highest BCUT2D eigenvalue weighted by Crippen LogP contribution is 2.37. The largest absolute Gasteiger partial charge is 0.490 e. The number of unbranched alkanes of at least 4 members (excludes halogenated alkanes) is 1. The third kappa shape index (κ3) is 6.41. The second-order valence-electron chi connectivity index (χ2n) is 6.23. The topological polar surface area (TPSA) is 73.9 Å². The summed E-state index contributed by atoms with van der Waals surface area (Å²) in [6, 6.07) is 3.08. The minimum atomic E-state index is -0.444. The molecule has 144 valence electrons. The SMILES string of the molecule is CCCCOc1c(Cl)cc(C(=O)NCC(=O)OCC2CC2)cc1OCC. The molecular weight excluding hydrogens is 358 g/mol. The Morgan fingerprint density at radius 1 is 1.23 bits per heavy atom. The van der Waals surface area contributed by atoms with E-state index in [1.165, 1.54) is 6.07 Å². The van der Waals surface area contributed by atoms with E-state index in [1.807, 2.05) is 6.92 Å². The molecule has 0 heterocycles. The standard InChI is InChI=1S/C19H26ClNO5/c1-3-5-8-25-18-15(20)9-14(10-16(18)24-4-2)19(23)21-11-17(22)26-12-13-6-7-13/h9-10,13H,3-8,11-12H2,1-2H3,(H,21,23). The number of halogens is 1. The number of ether oxygens (including phenoxy) is 3. The number of esters is 1. The first-order valence-electron chi connectivity index (χ1n) is 9.08. The van der Waals surface area contributed by atoms with E-state index in [1.54, 1.807) is 6.07 Å². The van der Waals surface area contributed by atoms with Crippen molar-refractivity contribution in [1.82, 2.24) is 5.32 Å². The predicted octanol–water partition coefficient (Wildman–Crippen LogP) is 3.60. The number of hydrogen-bond donors (Lipinski definition) is 1. The van der Waals surface area contributed by atoms with Gasteiger partial charge in [-0.3, -0.25) is 9.59 Å². The lowest BCUT2D eigenvalue weighted by atomic mass is 10.2. The molecule has 0 atom stereocenters. The van der Waals surface area contributed by atoms with Gasteiger partial charge in [-0.15, -0.1) is 0 Å². The minimum absolute atomic E-state index is 0.179. The molecule has 0 saturated heterocycles. The molecule has 0 aromatic heterocycles. The molecule has 7 heteroatoms. The normalized spacial score (nSPS) is 13.2. The van der Waals surface area contributed by atoms with Crippen LogP contribution in [0, 0.1) is 5.92 Å². The molecule has 0 radical (unpaired) electrons. The number of carbonyl (C=O) groups excluding carboxylic acids is 2. The number of benzene rings is 1. The van der Waals surface area contributed by atoms with Gasteiger partial charge in [0.25, 0.3) is 5.91 Å². The summed E-state index contributed by atoms with van der Waals surface area (Å²) in [6.45, 7) is 5.10. The lowest BCUT2D eigenvalue weighted by Gasteiger charge is -2.15. The summed E-state index contributed by atoms with van der Waals surface area (Å²) in [7, 11) is 0. The summed E-state index contributed by atoms with van der Waals surface area (Å²) in [5.74, 6) is 0.472. The fourth-order valence-corrected chi connectivity index (χ4v) is 2.49. The van der Waals surface area contributed by atoms with Gasteiger partial charge < -0.3 is 19.5 Å². The number of amides is 1. The second-order valence-corrected chi connectivity index (χ2v) is 6.64. The van der Waals surface area contributed by atoms with Crippen molar-refractivity contribution < 1.29 is 23.8 Å². The van der Waals surface area contributed by atoms with E-state index >= 15 is 0 Å². The van der Waals surface area contributed by atoms with Crippen molar-refractivity contribution in [2.45, 2.75) is 39.5 Å². The Labute approximate surface area is 159 Å². The summed E-state index contributed by atoms with van der Waals surface area (Å²) >= 11 is 6.27. The third-order valence-corrected chi connectivity index (χ3v) is 4.17. The first kappa shape index (κ1) is 20.4. The van der Waals surface area contributed by atoms with Crippen molar-refractivity contribution in [3.05, 3.63) is 22.7 Å². The van der Waals surface area contributed by atoms with Gasteiger partial charge in [0.05, 0.1) is 24.8 Å². The van der Waals surface area contributed by atoms with E-state index < -0.39 is 11.9 Å². The molecule has 1 N–H and O–H groups in total. The monoisotopic (exact) mass is 383 g/mol. The van der Waals surface area contributed by atoms with Gasteiger partial charge >= 0.3 is 5.97 Å². The van der Waals surface area contributed by atoms with Gasteiger partial charge in [0.2, 0.25) is 0 Å². The van der Waals surface area contributed by atoms with Crippen LogP contribution in [0.4, 0.5) is 0 Å². The van der Waals surface area contributed by atoms with Crippen LogP contribution in [0.25, 0.3) is 0 Å². The maximum atomic E-state index is 12.3. The van der Waals surface area contributed by atoms with E-state index in [9.17, 15) is 9.59 Å². The van der Waals surface area contributed by atoms with Crippen molar-refractivity contribution in [3.8, 4) is 11.5 Å². The summed E-state index contributed by atoms with van der Waals surface area (Å²) in [4.78, 5) is 23.9. The molecule has 1 aliphatic carbocycles. The van der Waals surface area contributed by atoms with Gasteiger partial charge in [-0.2, -0.15) is 0 Å². The molecule has 0 unspecified atom stereocenters. The molecule has 6 nitrogen and oxygen atoms in total. The summed E-state index contributed by atoms with van der Waals surface area (Å²) in [5, 5.41) is 2.84. The highest BCUT2D eigenvalue weighted by Gasteiger charge is 2.23. The van der Waals surface area contributed by atoms with Crippen LogP contribution in [0.15, 0.2) is 12.1 Å². The summed E-state index contributed by atoms with van der Waals surface area (Å²) in [6.07, 6.45) is 4.10. The van der Waals surface area contributed by atoms with Crippen LogP contribution in [-0.4, -0.2) is 38.2 Å². The molecular formula is C19H26ClNO5. The molecule has 2 rings (SSSR count). The van der Waals surface area contributed by atoms with Crippen LogP contribution in [0.3, 0.4) is 0 Å². The molecule has 1 aromatic rings. The summed E-state index contributed by atoms with van der Waals surface area (Å²) in [5.41, 5.74) is 0.302. The Balaban J connectivity index is 1.97. The number of nitrogens with one attached hydrogen (secondary N) is 1. The average Bonchev–Trinajstić information content (AvgIpc) is 3.44. The molecule has 1 amide bonds. The average molecular weight is 384 g/mol. The van der Waals surface area contributed by atoms with Gasteiger partial charge in [0, 0.05) is 5.56 Å². The highest BCUT2D eigenvalue weighted by atomic mass is 35.5. The van der Waals surface area contributed by atoms with E-state index in [4.69, 9.17) is 25.8 Å². The Morgan fingerprint density at radius 3 is 2.65 bits per heavy atom. The first-order valence-corrected chi connectivity index (χ1v) is 9.45. The van der Waals surface area contributed by atoms with Gasteiger partial charge in [-0.25, -0.2) is 0 Å². The molecule has 0 bridgehead atoms. The lowest BCUT2D eigenvalue weighted by Crippen LogP contribution is -2.31. The third-order valence-electron chi connectivity index (χ3n) is 3.89. The van der Waals surface area contributed by atoms with Gasteiger partial charge in [0.1, 0.15) is 6.54 Å².